The fourth-order valence-corrected chi connectivity index (χ4v) is 3.43. The average Bonchev–Trinajstić information content (AvgIpc) is 2.68. The molecule has 1 N–H and O–H groups in total. The normalized spacial score (nSPS) is 12.7. The molecule has 5 heteroatoms. The lowest BCUT2D eigenvalue weighted by molar-refractivity contribution is 0.221. The molecule has 1 unspecified atom stereocenters. The van der Waals surface area contributed by atoms with Crippen LogP contribution in [0.25, 0.3) is 0 Å². The number of hydrogen-bond acceptors (Lipinski definition) is 3. The number of rotatable bonds is 3. The van der Waals surface area contributed by atoms with Crippen molar-refractivity contribution in [2.75, 3.05) is 6.26 Å². The monoisotopic (exact) mass is 304 g/mol. The van der Waals surface area contributed by atoms with Crippen LogP contribution in [0.15, 0.2) is 35.2 Å². The Labute approximate surface area is 118 Å². The molecular weight excluding hydrogens is 295 g/mol. The number of benzene rings is 1. The van der Waals surface area contributed by atoms with Crippen LogP contribution < -0.4 is 0 Å². The van der Waals surface area contributed by atoms with Crippen LogP contribution in [0, 0.1) is 0 Å². The van der Waals surface area contributed by atoms with E-state index >= 15 is 0 Å². The highest BCUT2D eigenvalue weighted by Crippen LogP contribution is 2.37. The van der Waals surface area contributed by atoms with Crippen LogP contribution >= 0.6 is 46.3 Å². The predicted octanol–water partition coefficient (Wildman–Crippen LogP) is 4.86. The summed E-state index contributed by atoms with van der Waals surface area (Å²) in [5.74, 6) is 0. The molecule has 0 aliphatic rings. The summed E-state index contributed by atoms with van der Waals surface area (Å²) in [6.07, 6.45) is 1.29. The molecule has 0 bridgehead atoms. The highest BCUT2D eigenvalue weighted by atomic mass is 35.5. The second kappa shape index (κ2) is 5.63. The van der Waals surface area contributed by atoms with Gasteiger partial charge in [-0.3, -0.25) is 0 Å². The van der Waals surface area contributed by atoms with Crippen molar-refractivity contribution in [2.24, 2.45) is 0 Å². The predicted molar refractivity (Wildman–Crippen MR) is 76.6 cm³/mol. The van der Waals surface area contributed by atoms with Gasteiger partial charge in [0.15, 0.2) is 0 Å². The van der Waals surface area contributed by atoms with Gasteiger partial charge in [-0.15, -0.1) is 23.1 Å². The lowest BCUT2D eigenvalue weighted by atomic mass is 10.0. The van der Waals surface area contributed by atoms with Gasteiger partial charge in [-0.2, -0.15) is 0 Å². The standard InChI is InChI=1S/C12H10Cl2OS2/c1-16-8-4-2-7(3-5-8)11(15)9-6-10(13)17-12(9)14/h2-6,11,15H,1H3. The molecule has 0 spiro atoms. The SMILES string of the molecule is CSc1ccc(C(O)c2cc(Cl)sc2Cl)cc1. The zero-order valence-corrected chi connectivity index (χ0v) is 12.1. The zero-order chi connectivity index (χ0) is 12.4. The van der Waals surface area contributed by atoms with Gasteiger partial charge in [0.2, 0.25) is 0 Å². The van der Waals surface area contributed by atoms with Crippen LogP contribution in [-0.2, 0) is 0 Å². The summed E-state index contributed by atoms with van der Waals surface area (Å²) in [5.41, 5.74) is 1.48. The van der Waals surface area contributed by atoms with E-state index in [4.69, 9.17) is 23.2 Å². The molecule has 0 aliphatic heterocycles. The average molecular weight is 305 g/mol. The van der Waals surface area contributed by atoms with E-state index in [0.717, 1.165) is 10.5 Å². The first-order chi connectivity index (χ1) is 8.11. The Hall–Kier alpha value is -0.190. The van der Waals surface area contributed by atoms with Gasteiger partial charge in [0.1, 0.15) is 10.4 Å². The van der Waals surface area contributed by atoms with Crippen molar-refractivity contribution in [3.05, 3.63) is 50.1 Å². The van der Waals surface area contributed by atoms with E-state index < -0.39 is 6.10 Å². The van der Waals surface area contributed by atoms with E-state index in [1.807, 2.05) is 30.5 Å². The van der Waals surface area contributed by atoms with Crippen molar-refractivity contribution in [2.45, 2.75) is 11.0 Å². The summed E-state index contributed by atoms with van der Waals surface area (Å²) in [6.45, 7) is 0. The minimum Gasteiger partial charge on any atom is -0.384 e. The van der Waals surface area contributed by atoms with E-state index in [0.29, 0.717) is 14.2 Å². The molecule has 0 radical (unpaired) electrons. The summed E-state index contributed by atoms with van der Waals surface area (Å²) in [4.78, 5) is 1.16. The van der Waals surface area contributed by atoms with Gasteiger partial charge in [-0.25, -0.2) is 0 Å². The van der Waals surface area contributed by atoms with Crippen molar-refractivity contribution >= 4 is 46.3 Å². The van der Waals surface area contributed by atoms with E-state index in [2.05, 4.69) is 0 Å². The van der Waals surface area contributed by atoms with Crippen molar-refractivity contribution in [1.29, 1.82) is 0 Å². The van der Waals surface area contributed by atoms with Crippen molar-refractivity contribution in [1.82, 2.24) is 0 Å². The van der Waals surface area contributed by atoms with Gasteiger partial charge in [-0.05, 0) is 30.0 Å². The van der Waals surface area contributed by atoms with Crippen molar-refractivity contribution < 1.29 is 5.11 Å². The Balaban J connectivity index is 2.30. The first kappa shape index (κ1) is 13.2. The van der Waals surface area contributed by atoms with E-state index in [-0.39, 0.29) is 0 Å². The maximum absolute atomic E-state index is 10.2. The Kier molecular flexibility index (Phi) is 4.39. The Morgan fingerprint density at radius 1 is 1.24 bits per heavy atom. The molecule has 0 fully saturated rings. The Bertz CT molecular complexity index is 508. The van der Waals surface area contributed by atoms with Crippen LogP contribution in [-0.4, -0.2) is 11.4 Å². The smallest absolute Gasteiger partial charge is 0.106 e. The maximum Gasteiger partial charge on any atom is 0.106 e. The summed E-state index contributed by atoms with van der Waals surface area (Å²) in [7, 11) is 0. The number of thiophene rings is 1. The second-order valence-corrected chi connectivity index (χ2v) is 6.62. The molecule has 90 valence electrons. The van der Waals surface area contributed by atoms with Crippen molar-refractivity contribution in [3.8, 4) is 0 Å². The minimum atomic E-state index is -0.720. The van der Waals surface area contributed by atoms with Crippen LogP contribution in [0.2, 0.25) is 8.67 Å². The molecule has 1 nitrogen and oxygen atoms in total. The molecule has 2 aromatic rings. The van der Waals surface area contributed by atoms with Gasteiger partial charge in [0.05, 0.1) is 4.34 Å². The minimum absolute atomic E-state index is 0.538. The molecule has 2 rings (SSSR count). The van der Waals surface area contributed by atoms with E-state index in [1.165, 1.54) is 11.3 Å². The molecular formula is C12H10Cl2OS2. The third-order valence-corrected chi connectivity index (χ3v) is 4.67. The van der Waals surface area contributed by atoms with Crippen LogP contribution in [0.1, 0.15) is 17.2 Å². The Morgan fingerprint density at radius 3 is 2.35 bits per heavy atom. The lowest BCUT2D eigenvalue weighted by Crippen LogP contribution is -1.98. The number of halogens is 2. The first-order valence-corrected chi connectivity index (χ1v) is 7.68. The number of thioether (sulfide) groups is 1. The number of hydrogen-bond donors (Lipinski definition) is 1. The third kappa shape index (κ3) is 2.98. The summed E-state index contributed by atoms with van der Waals surface area (Å²) in [5, 5.41) is 10.2. The van der Waals surface area contributed by atoms with E-state index in [9.17, 15) is 5.11 Å². The molecule has 1 atom stereocenters. The molecule has 0 amide bonds. The molecule has 1 aromatic heterocycles. The molecule has 1 heterocycles. The van der Waals surface area contributed by atoms with Crippen molar-refractivity contribution in [3.63, 3.8) is 0 Å². The molecule has 0 aliphatic carbocycles. The fraction of sp³-hybridized carbons (Fsp3) is 0.167. The van der Waals surface area contributed by atoms with Crippen LogP contribution in [0.5, 0.6) is 0 Å². The Morgan fingerprint density at radius 2 is 1.88 bits per heavy atom. The van der Waals surface area contributed by atoms with Gasteiger partial charge in [0.25, 0.3) is 0 Å². The second-order valence-electron chi connectivity index (χ2n) is 3.46. The lowest BCUT2D eigenvalue weighted by Gasteiger charge is -2.10. The van der Waals surface area contributed by atoms with Crippen LogP contribution in [0.3, 0.4) is 0 Å². The number of aliphatic hydroxyl groups is 1. The third-order valence-electron chi connectivity index (χ3n) is 2.41. The first-order valence-electron chi connectivity index (χ1n) is 4.88. The molecule has 0 saturated heterocycles. The van der Waals surface area contributed by atoms with Gasteiger partial charge in [0, 0.05) is 10.5 Å². The summed E-state index contributed by atoms with van der Waals surface area (Å²) >= 11 is 14.8. The van der Waals surface area contributed by atoms with Gasteiger partial charge < -0.3 is 5.11 Å². The molecule has 1 aromatic carbocycles. The molecule has 17 heavy (non-hydrogen) atoms. The maximum atomic E-state index is 10.2. The van der Waals surface area contributed by atoms with Gasteiger partial charge >= 0.3 is 0 Å². The van der Waals surface area contributed by atoms with E-state index in [1.54, 1.807) is 17.8 Å². The number of aliphatic hydroxyl groups excluding tert-OH is 1. The quantitative estimate of drug-likeness (QED) is 0.817. The fourth-order valence-electron chi connectivity index (χ4n) is 1.51. The largest absolute Gasteiger partial charge is 0.384 e. The highest BCUT2D eigenvalue weighted by Gasteiger charge is 2.16. The van der Waals surface area contributed by atoms with Gasteiger partial charge in [-0.1, -0.05) is 35.3 Å². The molecule has 0 saturated carbocycles. The topological polar surface area (TPSA) is 20.2 Å². The zero-order valence-electron chi connectivity index (χ0n) is 8.98. The van der Waals surface area contributed by atoms with Crippen LogP contribution in [0.4, 0.5) is 0 Å². The summed E-state index contributed by atoms with van der Waals surface area (Å²) in [6, 6.07) is 9.47. The summed E-state index contributed by atoms with van der Waals surface area (Å²) < 4.78 is 1.13. The highest BCUT2D eigenvalue weighted by molar-refractivity contribution is 7.98.